The first kappa shape index (κ1) is 10.0. The summed E-state index contributed by atoms with van der Waals surface area (Å²) in [4.78, 5) is 0. The molecule has 1 aromatic rings. The highest BCUT2D eigenvalue weighted by Crippen LogP contribution is 2.17. The maximum Gasteiger partial charge on any atom is 0.0379 e. The van der Waals surface area contributed by atoms with E-state index in [4.69, 9.17) is 0 Å². The van der Waals surface area contributed by atoms with Crippen LogP contribution in [-0.4, -0.2) is 6.54 Å². The number of nitrogens with one attached hydrogen (secondary N) is 1. The molecule has 0 spiro atoms. The molecule has 0 bridgehead atoms. The Kier molecular flexibility index (Phi) is 2.91. The molecule has 1 heteroatoms. The summed E-state index contributed by atoms with van der Waals surface area (Å²) in [5.41, 5.74) is 5.29. The predicted molar refractivity (Wildman–Crippen MR) is 65.5 cm³/mol. The number of rotatable bonds is 1. The number of hydrogen-bond donors (Lipinski definition) is 1. The van der Waals surface area contributed by atoms with Gasteiger partial charge < -0.3 is 5.32 Å². The Labute approximate surface area is 91.5 Å². The Balaban J connectivity index is 2.25. The SMILES string of the molecule is CC1=CCNC(c2cccc(C)c2)=CC1. The Hall–Kier alpha value is -1.50. The molecule has 1 aliphatic heterocycles. The Morgan fingerprint density at radius 3 is 2.80 bits per heavy atom. The Morgan fingerprint density at radius 2 is 2.00 bits per heavy atom. The Bertz CT molecular complexity index is 413. The maximum absolute atomic E-state index is 3.44. The lowest BCUT2D eigenvalue weighted by atomic mass is 10.1. The molecular weight excluding hydrogens is 182 g/mol. The molecule has 0 saturated heterocycles. The van der Waals surface area contributed by atoms with Crippen LogP contribution >= 0.6 is 0 Å². The topological polar surface area (TPSA) is 12.0 Å². The van der Waals surface area contributed by atoms with Crippen LogP contribution < -0.4 is 5.32 Å². The smallest absolute Gasteiger partial charge is 0.0379 e. The third-order valence-electron chi connectivity index (χ3n) is 2.70. The van der Waals surface area contributed by atoms with Crippen LogP contribution in [0.3, 0.4) is 0 Å². The summed E-state index contributed by atoms with van der Waals surface area (Å²) in [7, 11) is 0. The molecule has 0 fully saturated rings. The summed E-state index contributed by atoms with van der Waals surface area (Å²) < 4.78 is 0. The van der Waals surface area contributed by atoms with Gasteiger partial charge in [-0.05, 0) is 31.9 Å². The van der Waals surface area contributed by atoms with E-state index < -0.39 is 0 Å². The minimum Gasteiger partial charge on any atom is -0.381 e. The lowest BCUT2D eigenvalue weighted by Gasteiger charge is -2.08. The van der Waals surface area contributed by atoms with E-state index in [1.165, 1.54) is 22.4 Å². The van der Waals surface area contributed by atoms with E-state index in [0.717, 1.165) is 13.0 Å². The van der Waals surface area contributed by atoms with Gasteiger partial charge in [0, 0.05) is 12.2 Å². The van der Waals surface area contributed by atoms with E-state index in [9.17, 15) is 0 Å². The highest BCUT2D eigenvalue weighted by molar-refractivity contribution is 5.65. The summed E-state index contributed by atoms with van der Waals surface area (Å²) in [6.45, 7) is 5.24. The van der Waals surface area contributed by atoms with Gasteiger partial charge in [0.1, 0.15) is 0 Å². The van der Waals surface area contributed by atoms with Crippen molar-refractivity contribution in [1.29, 1.82) is 0 Å². The van der Waals surface area contributed by atoms with Crippen molar-refractivity contribution < 1.29 is 0 Å². The van der Waals surface area contributed by atoms with Crippen molar-refractivity contribution in [2.75, 3.05) is 6.54 Å². The summed E-state index contributed by atoms with van der Waals surface area (Å²) in [6.07, 6.45) is 5.57. The Morgan fingerprint density at radius 1 is 1.13 bits per heavy atom. The number of aryl methyl sites for hydroxylation is 1. The maximum atomic E-state index is 3.44. The van der Waals surface area contributed by atoms with Gasteiger partial charge in [0.25, 0.3) is 0 Å². The normalized spacial score (nSPS) is 16.1. The molecule has 0 atom stereocenters. The van der Waals surface area contributed by atoms with Gasteiger partial charge in [-0.2, -0.15) is 0 Å². The lowest BCUT2D eigenvalue weighted by Crippen LogP contribution is -2.10. The average Bonchev–Trinajstić information content (AvgIpc) is 2.43. The molecule has 0 aromatic heterocycles. The zero-order valence-electron chi connectivity index (χ0n) is 9.38. The van der Waals surface area contributed by atoms with Gasteiger partial charge in [-0.1, -0.05) is 41.5 Å². The van der Waals surface area contributed by atoms with Crippen LogP contribution in [0.1, 0.15) is 24.5 Å². The molecule has 0 aliphatic carbocycles. The van der Waals surface area contributed by atoms with Crippen LogP contribution in [0.15, 0.2) is 42.0 Å². The summed E-state index contributed by atoms with van der Waals surface area (Å²) >= 11 is 0. The van der Waals surface area contributed by atoms with Crippen molar-refractivity contribution in [1.82, 2.24) is 5.32 Å². The largest absolute Gasteiger partial charge is 0.381 e. The monoisotopic (exact) mass is 199 g/mol. The number of hydrogen-bond acceptors (Lipinski definition) is 1. The van der Waals surface area contributed by atoms with E-state index in [-0.39, 0.29) is 0 Å². The molecule has 1 heterocycles. The standard InChI is InChI=1S/C14H17N/c1-11-6-7-14(15-9-8-11)13-5-3-4-12(2)10-13/h3-5,7-8,10,15H,6,9H2,1-2H3. The molecule has 1 aliphatic rings. The molecule has 0 amide bonds. The first-order valence-electron chi connectivity index (χ1n) is 5.42. The van der Waals surface area contributed by atoms with Crippen molar-refractivity contribution in [3.8, 4) is 0 Å². The summed E-state index contributed by atoms with van der Waals surface area (Å²) in [5, 5.41) is 3.44. The molecule has 78 valence electrons. The van der Waals surface area contributed by atoms with Gasteiger partial charge in [0.15, 0.2) is 0 Å². The van der Waals surface area contributed by atoms with E-state index in [2.05, 4.69) is 55.6 Å². The summed E-state index contributed by atoms with van der Waals surface area (Å²) in [5.74, 6) is 0. The van der Waals surface area contributed by atoms with Crippen molar-refractivity contribution >= 4 is 5.70 Å². The molecule has 1 aromatic carbocycles. The zero-order chi connectivity index (χ0) is 10.7. The van der Waals surface area contributed by atoms with Crippen LogP contribution in [0.25, 0.3) is 5.70 Å². The van der Waals surface area contributed by atoms with E-state index in [0.29, 0.717) is 0 Å². The molecule has 15 heavy (non-hydrogen) atoms. The summed E-state index contributed by atoms with van der Waals surface area (Å²) in [6, 6.07) is 8.62. The first-order chi connectivity index (χ1) is 7.25. The van der Waals surface area contributed by atoms with Crippen LogP contribution in [-0.2, 0) is 0 Å². The van der Waals surface area contributed by atoms with Crippen LogP contribution in [0.4, 0.5) is 0 Å². The third kappa shape index (κ3) is 2.50. The van der Waals surface area contributed by atoms with Crippen molar-refractivity contribution in [3.05, 3.63) is 53.1 Å². The van der Waals surface area contributed by atoms with E-state index in [1.807, 2.05) is 0 Å². The molecule has 2 rings (SSSR count). The number of allylic oxidation sites excluding steroid dienone is 2. The highest BCUT2D eigenvalue weighted by atomic mass is 14.9. The molecule has 0 radical (unpaired) electrons. The van der Waals surface area contributed by atoms with Crippen molar-refractivity contribution in [3.63, 3.8) is 0 Å². The van der Waals surface area contributed by atoms with Gasteiger partial charge in [0.2, 0.25) is 0 Å². The van der Waals surface area contributed by atoms with Crippen molar-refractivity contribution in [2.24, 2.45) is 0 Å². The predicted octanol–water partition coefficient (Wildman–Crippen LogP) is 3.28. The number of benzene rings is 1. The minimum atomic E-state index is 0.936. The molecule has 0 unspecified atom stereocenters. The third-order valence-corrected chi connectivity index (χ3v) is 2.70. The highest BCUT2D eigenvalue weighted by Gasteiger charge is 2.03. The molecule has 0 saturated carbocycles. The fourth-order valence-electron chi connectivity index (χ4n) is 1.79. The first-order valence-corrected chi connectivity index (χ1v) is 5.42. The second-order valence-electron chi connectivity index (χ2n) is 4.12. The van der Waals surface area contributed by atoms with Gasteiger partial charge in [-0.25, -0.2) is 0 Å². The van der Waals surface area contributed by atoms with E-state index in [1.54, 1.807) is 0 Å². The second kappa shape index (κ2) is 4.35. The fraction of sp³-hybridized carbons (Fsp3) is 0.286. The van der Waals surface area contributed by atoms with Gasteiger partial charge in [-0.15, -0.1) is 0 Å². The zero-order valence-corrected chi connectivity index (χ0v) is 9.38. The van der Waals surface area contributed by atoms with Crippen LogP contribution in [0.2, 0.25) is 0 Å². The molecule has 1 N–H and O–H groups in total. The van der Waals surface area contributed by atoms with Gasteiger partial charge in [-0.3, -0.25) is 0 Å². The average molecular weight is 199 g/mol. The van der Waals surface area contributed by atoms with E-state index >= 15 is 0 Å². The van der Waals surface area contributed by atoms with Crippen LogP contribution in [0.5, 0.6) is 0 Å². The fourth-order valence-corrected chi connectivity index (χ4v) is 1.79. The van der Waals surface area contributed by atoms with Gasteiger partial charge >= 0.3 is 0 Å². The quantitative estimate of drug-likeness (QED) is 0.684. The van der Waals surface area contributed by atoms with Gasteiger partial charge in [0.05, 0.1) is 0 Å². The molecule has 1 nitrogen and oxygen atoms in total. The van der Waals surface area contributed by atoms with Crippen LogP contribution in [0, 0.1) is 6.92 Å². The second-order valence-corrected chi connectivity index (χ2v) is 4.12. The minimum absolute atomic E-state index is 0.936. The lowest BCUT2D eigenvalue weighted by molar-refractivity contribution is 1.01. The van der Waals surface area contributed by atoms with Crippen molar-refractivity contribution in [2.45, 2.75) is 20.3 Å². The molecular formula is C14H17N.